The Morgan fingerprint density at radius 3 is 2.50 bits per heavy atom. The first kappa shape index (κ1) is 14.7. The van der Waals surface area contributed by atoms with Gasteiger partial charge >= 0.3 is 11.9 Å². The summed E-state index contributed by atoms with van der Waals surface area (Å²) in [5, 5.41) is 8.99. The lowest BCUT2D eigenvalue weighted by Crippen LogP contribution is -2.37. The van der Waals surface area contributed by atoms with Crippen LogP contribution < -0.4 is 0 Å². The first-order chi connectivity index (χ1) is 7.49. The summed E-state index contributed by atoms with van der Waals surface area (Å²) in [7, 11) is 0. The van der Waals surface area contributed by atoms with Gasteiger partial charge in [-0.05, 0) is 19.8 Å². The molecule has 16 heavy (non-hydrogen) atoms. The van der Waals surface area contributed by atoms with Gasteiger partial charge in [-0.25, -0.2) is 0 Å². The third kappa shape index (κ3) is 4.04. The average molecular weight is 228 g/mol. The van der Waals surface area contributed by atoms with E-state index in [1.165, 1.54) is 13.0 Å². The fourth-order valence-corrected chi connectivity index (χ4v) is 1.22. The molecular weight excluding hydrogens is 208 g/mol. The van der Waals surface area contributed by atoms with Gasteiger partial charge in [0.1, 0.15) is 0 Å². The Balaban J connectivity index is 4.29. The quantitative estimate of drug-likeness (QED) is 0.300. The van der Waals surface area contributed by atoms with E-state index in [2.05, 4.69) is 6.58 Å². The van der Waals surface area contributed by atoms with Gasteiger partial charge in [-0.2, -0.15) is 0 Å². The summed E-state index contributed by atoms with van der Waals surface area (Å²) in [6.07, 6.45) is 4.27. The molecule has 0 heterocycles. The molecule has 0 fully saturated rings. The van der Waals surface area contributed by atoms with Crippen molar-refractivity contribution in [2.45, 2.75) is 39.5 Å². The van der Waals surface area contributed by atoms with Crippen molar-refractivity contribution in [2.24, 2.45) is 5.41 Å². The molecule has 1 N–H and O–H groups in total. The summed E-state index contributed by atoms with van der Waals surface area (Å²) >= 11 is 0. The summed E-state index contributed by atoms with van der Waals surface area (Å²) in [5.41, 5.74) is -1.51. The van der Waals surface area contributed by atoms with Crippen LogP contribution in [0, 0.1) is 5.41 Å². The molecule has 0 aliphatic heterocycles. The molecule has 0 rings (SSSR count). The third-order valence-electron chi connectivity index (χ3n) is 2.46. The second-order valence-corrected chi connectivity index (χ2v) is 3.97. The van der Waals surface area contributed by atoms with Crippen molar-refractivity contribution >= 4 is 11.9 Å². The average Bonchev–Trinajstić information content (AvgIpc) is 2.24. The number of allylic oxidation sites excluding steroid dienone is 1. The maximum atomic E-state index is 11.6. The van der Waals surface area contributed by atoms with Crippen molar-refractivity contribution < 1.29 is 19.4 Å². The van der Waals surface area contributed by atoms with Crippen molar-refractivity contribution in [3.63, 3.8) is 0 Å². The van der Waals surface area contributed by atoms with E-state index in [0.29, 0.717) is 0 Å². The molecule has 0 aliphatic rings. The van der Waals surface area contributed by atoms with Crippen molar-refractivity contribution in [1.29, 1.82) is 0 Å². The maximum absolute atomic E-state index is 11.6. The summed E-state index contributed by atoms with van der Waals surface area (Å²) in [6, 6.07) is 0. The monoisotopic (exact) mass is 228 g/mol. The largest absolute Gasteiger partial charge is 0.480 e. The zero-order valence-corrected chi connectivity index (χ0v) is 9.99. The lowest BCUT2D eigenvalue weighted by atomic mass is 9.87. The predicted molar refractivity (Wildman–Crippen MR) is 61.0 cm³/mol. The van der Waals surface area contributed by atoms with Crippen LogP contribution >= 0.6 is 0 Å². The van der Waals surface area contributed by atoms with E-state index in [-0.39, 0.29) is 13.0 Å². The first-order valence-electron chi connectivity index (χ1n) is 5.50. The topological polar surface area (TPSA) is 63.6 Å². The highest BCUT2D eigenvalue weighted by Crippen LogP contribution is 2.24. The van der Waals surface area contributed by atoms with Crippen molar-refractivity contribution in [2.75, 3.05) is 6.61 Å². The number of ether oxygens (including phenoxy) is 1. The Hall–Kier alpha value is -1.32. The van der Waals surface area contributed by atoms with E-state index in [4.69, 9.17) is 9.84 Å². The molecule has 1 unspecified atom stereocenters. The van der Waals surface area contributed by atoms with Crippen molar-refractivity contribution in [1.82, 2.24) is 0 Å². The van der Waals surface area contributed by atoms with Gasteiger partial charge in [0.25, 0.3) is 0 Å². The third-order valence-corrected chi connectivity index (χ3v) is 2.46. The van der Waals surface area contributed by atoms with Crippen LogP contribution in [0.5, 0.6) is 0 Å². The van der Waals surface area contributed by atoms with Crippen LogP contribution in [0.3, 0.4) is 0 Å². The predicted octanol–water partition coefficient (Wildman–Crippen LogP) is 2.39. The van der Waals surface area contributed by atoms with Gasteiger partial charge < -0.3 is 9.84 Å². The number of carbonyl (C=O) groups is 2. The number of hydrogen-bond acceptors (Lipinski definition) is 3. The van der Waals surface area contributed by atoms with Crippen molar-refractivity contribution in [3.05, 3.63) is 12.7 Å². The van der Waals surface area contributed by atoms with Gasteiger partial charge in [-0.15, -0.1) is 6.58 Å². The molecule has 0 aromatic heterocycles. The minimum Gasteiger partial charge on any atom is -0.480 e. The van der Waals surface area contributed by atoms with Crippen LogP contribution in [0.25, 0.3) is 0 Å². The Labute approximate surface area is 96.3 Å². The van der Waals surface area contributed by atoms with E-state index in [1.54, 1.807) is 0 Å². The van der Waals surface area contributed by atoms with E-state index < -0.39 is 17.4 Å². The standard InChI is InChI=1S/C12H20O4/c1-4-6-7-9-16-11(15)12(3,8-5-2)10(13)14/h5H,2,4,6-9H2,1,3H3,(H,13,14). The van der Waals surface area contributed by atoms with Crippen LogP contribution in [-0.2, 0) is 14.3 Å². The van der Waals surface area contributed by atoms with Crippen LogP contribution in [0.2, 0.25) is 0 Å². The molecule has 0 bridgehead atoms. The number of hydrogen-bond donors (Lipinski definition) is 1. The number of rotatable bonds is 8. The van der Waals surface area contributed by atoms with Gasteiger partial charge in [0.2, 0.25) is 0 Å². The van der Waals surface area contributed by atoms with Gasteiger partial charge in [-0.3, -0.25) is 9.59 Å². The van der Waals surface area contributed by atoms with Crippen LogP contribution in [-0.4, -0.2) is 23.7 Å². The SMILES string of the molecule is C=CCC(C)(C(=O)O)C(=O)OCCCCC. The maximum Gasteiger partial charge on any atom is 0.323 e. The smallest absolute Gasteiger partial charge is 0.323 e. The molecule has 0 radical (unpaired) electrons. The Morgan fingerprint density at radius 1 is 1.44 bits per heavy atom. The number of esters is 1. The number of carboxylic acid groups (broad SMARTS) is 1. The minimum atomic E-state index is -1.51. The molecule has 4 heteroatoms. The molecule has 0 saturated heterocycles. The van der Waals surface area contributed by atoms with Crippen LogP contribution in [0.4, 0.5) is 0 Å². The highest BCUT2D eigenvalue weighted by Gasteiger charge is 2.41. The van der Waals surface area contributed by atoms with Gasteiger partial charge in [-0.1, -0.05) is 25.8 Å². The number of aliphatic carboxylic acids is 1. The molecule has 4 nitrogen and oxygen atoms in total. The van der Waals surface area contributed by atoms with Gasteiger partial charge in [0.15, 0.2) is 5.41 Å². The molecule has 0 amide bonds. The van der Waals surface area contributed by atoms with E-state index in [9.17, 15) is 9.59 Å². The zero-order valence-electron chi connectivity index (χ0n) is 9.99. The minimum absolute atomic E-state index is 0.0783. The van der Waals surface area contributed by atoms with E-state index in [1.807, 2.05) is 6.92 Å². The summed E-state index contributed by atoms with van der Waals surface area (Å²) < 4.78 is 4.96. The summed E-state index contributed by atoms with van der Waals surface area (Å²) in [6.45, 7) is 7.14. The molecular formula is C12H20O4. The normalized spacial score (nSPS) is 13.9. The molecule has 0 aliphatic carbocycles. The molecule has 1 atom stereocenters. The van der Waals surface area contributed by atoms with Crippen molar-refractivity contribution in [3.8, 4) is 0 Å². The van der Waals surface area contributed by atoms with Gasteiger partial charge in [0.05, 0.1) is 6.61 Å². The lowest BCUT2D eigenvalue weighted by Gasteiger charge is -2.20. The van der Waals surface area contributed by atoms with E-state index in [0.717, 1.165) is 19.3 Å². The Kier molecular flexibility index (Phi) is 6.46. The first-order valence-corrected chi connectivity index (χ1v) is 5.50. The zero-order chi connectivity index (χ0) is 12.6. The number of carbonyl (C=O) groups excluding carboxylic acids is 1. The second kappa shape index (κ2) is 7.04. The molecule has 0 aromatic rings. The molecule has 0 aromatic carbocycles. The fourth-order valence-electron chi connectivity index (χ4n) is 1.22. The number of carboxylic acids is 1. The summed E-state index contributed by atoms with van der Waals surface area (Å²) in [4.78, 5) is 22.6. The van der Waals surface area contributed by atoms with Crippen LogP contribution in [0.1, 0.15) is 39.5 Å². The second-order valence-electron chi connectivity index (χ2n) is 3.97. The summed E-state index contributed by atoms with van der Waals surface area (Å²) in [5.74, 6) is -1.86. The molecule has 0 spiro atoms. The highest BCUT2D eigenvalue weighted by atomic mass is 16.5. The molecule has 0 saturated carbocycles. The fraction of sp³-hybridized carbons (Fsp3) is 0.667. The number of unbranched alkanes of at least 4 members (excludes halogenated alkanes) is 2. The van der Waals surface area contributed by atoms with Gasteiger partial charge in [0, 0.05) is 0 Å². The Morgan fingerprint density at radius 2 is 2.06 bits per heavy atom. The van der Waals surface area contributed by atoms with E-state index >= 15 is 0 Å². The lowest BCUT2D eigenvalue weighted by molar-refractivity contribution is -0.167. The van der Waals surface area contributed by atoms with Crippen LogP contribution in [0.15, 0.2) is 12.7 Å². The highest BCUT2D eigenvalue weighted by molar-refractivity contribution is 5.98. The molecule has 92 valence electrons. The Bertz CT molecular complexity index is 260.